The lowest BCUT2D eigenvalue weighted by Gasteiger charge is -2.36. The van der Waals surface area contributed by atoms with Crippen molar-refractivity contribution in [2.75, 3.05) is 31.1 Å². The Bertz CT molecular complexity index is 793. The Kier molecular flexibility index (Phi) is 4.80. The minimum absolute atomic E-state index is 0.249. The van der Waals surface area contributed by atoms with E-state index in [9.17, 15) is 9.18 Å². The molecular weight excluding hydrogens is 339 g/mol. The summed E-state index contributed by atoms with van der Waals surface area (Å²) >= 11 is 0. The molecule has 8 nitrogen and oxygen atoms in total. The van der Waals surface area contributed by atoms with Crippen molar-refractivity contribution < 1.29 is 13.9 Å². The molecule has 0 saturated carbocycles. The Labute approximate surface area is 151 Å². The Balaban J connectivity index is 1.70. The van der Waals surface area contributed by atoms with Crippen LogP contribution in [-0.2, 0) is 11.8 Å². The van der Waals surface area contributed by atoms with Gasteiger partial charge in [-0.2, -0.15) is 0 Å². The molecular formula is C17H23FN6O2. The lowest BCUT2D eigenvalue weighted by Crippen LogP contribution is -2.50. The van der Waals surface area contributed by atoms with E-state index in [4.69, 9.17) is 4.74 Å². The van der Waals surface area contributed by atoms with Gasteiger partial charge >= 0.3 is 6.09 Å². The molecule has 3 rings (SSSR count). The number of nitrogens with zero attached hydrogens (tertiary/aromatic N) is 6. The number of piperazine rings is 1. The summed E-state index contributed by atoms with van der Waals surface area (Å²) in [5.74, 6) is 0.287. The topological polar surface area (TPSA) is 76.4 Å². The van der Waals surface area contributed by atoms with Gasteiger partial charge < -0.3 is 14.5 Å². The molecule has 3 heterocycles. The van der Waals surface area contributed by atoms with Crippen LogP contribution in [-0.4, -0.2) is 62.5 Å². The normalized spacial score (nSPS) is 15.3. The van der Waals surface area contributed by atoms with E-state index < -0.39 is 11.4 Å². The van der Waals surface area contributed by atoms with Crippen molar-refractivity contribution in [3.8, 4) is 11.5 Å². The van der Waals surface area contributed by atoms with Gasteiger partial charge in [0, 0.05) is 33.2 Å². The maximum atomic E-state index is 14.3. The fourth-order valence-electron chi connectivity index (χ4n) is 2.66. The molecule has 1 saturated heterocycles. The van der Waals surface area contributed by atoms with Crippen LogP contribution in [0.25, 0.3) is 11.5 Å². The Morgan fingerprint density at radius 1 is 1.19 bits per heavy atom. The summed E-state index contributed by atoms with van der Waals surface area (Å²) in [7, 11) is 1.76. The molecule has 0 aliphatic carbocycles. The number of halogens is 1. The molecule has 0 aromatic carbocycles. The predicted molar refractivity (Wildman–Crippen MR) is 94.2 cm³/mol. The highest BCUT2D eigenvalue weighted by atomic mass is 19.1. The first kappa shape index (κ1) is 18.1. The second kappa shape index (κ2) is 6.89. The van der Waals surface area contributed by atoms with Crippen molar-refractivity contribution in [1.82, 2.24) is 24.6 Å². The van der Waals surface area contributed by atoms with Gasteiger partial charge in [0.1, 0.15) is 17.6 Å². The third kappa shape index (κ3) is 4.09. The molecule has 26 heavy (non-hydrogen) atoms. The summed E-state index contributed by atoms with van der Waals surface area (Å²) in [6, 6.07) is 2.93. The monoisotopic (exact) mass is 362 g/mol. The van der Waals surface area contributed by atoms with E-state index in [0.717, 1.165) is 0 Å². The molecule has 9 heteroatoms. The van der Waals surface area contributed by atoms with Gasteiger partial charge in [0.05, 0.1) is 0 Å². The van der Waals surface area contributed by atoms with Gasteiger partial charge in [0.15, 0.2) is 17.5 Å². The fourth-order valence-corrected chi connectivity index (χ4v) is 2.66. The standard InChI is InChI=1S/C17H23FN6O2/c1-17(2,3)26-16(25)24-9-7-23(8-10-24)15-12(18)5-6-13(20-15)14-19-11-22(4)21-14/h5-6,11H,7-10H2,1-4H3. The van der Waals surface area contributed by atoms with E-state index in [1.54, 1.807) is 29.0 Å². The highest BCUT2D eigenvalue weighted by Gasteiger charge is 2.27. The molecule has 0 unspecified atom stereocenters. The average molecular weight is 362 g/mol. The molecule has 1 amide bonds. The number of hydrogen-bond donors (Lipinski definition) is 0. The van der Waals surface area contributed by atoms with Crippen molar-refractivity contribution in [2.45, 2.75) is 26.4 Å². The molecule has 0 radical (unpaired) electrons. The number of hydrogen-bond acceptors (Lipinski definition) is 6. The fraction of sp³-hybridized carbons (Fsp3) is 0.529. The summed E-state index contributed by atoms with van der Waals surface area (Å²) in [6.45, 7) is 7.33. The summed E-state index contributed by atoms with van der Waals surface area (Å²) in [5.41, 5.74) is -0.0251. The predicted octanol–water partition coefficient (Wildman–Crippen LogP) is 2.07. The molecule has 2 aromatic rings. The van der Waals surface area contributed by atoms with Crippen LogP contribution >= 0.6 is 0 Å². The molecule has 2 aromatic heterocycles. The molecule has 140 valence electrons. The van der Waals surface area contributed by atoms with Crippen molar-refractivity contribution in [3.05, 3.63) is 24.3 Å². The van der Waals surface area contributed by atoms with Crippen LogP contribution in [0.4, 0.5) is 15.0 Å². The number of aromatic nitrogens is 4. The lowest BCUT2D eigenvalue weighted by molar-refractivity contribution is 0.0240. The minimum Gasteiger partial charge on any atom is -0.444 e. The maximum absolute atomic E-state index is 14.3. The third-order valence-electron chi connectivity index (χ3n) is 3.89. The first-order valence-corrected chi connectivity index (χ1v) is 8.48. The smallest absolute Gasteiger partial charge is 0.410 e. The number of amides is 1. The number of carbonyl (C=O) groups is 1. The van der Waals surface area contributed by atoms with Crippen LogP contribution in [0.3, 0.4) is 0 Å². The van der Waals surface area contributed by atoms with E-state index in [-0.39, 0.29) is 11.9 Å². The Morgan fingerprint density at radius 3 is 2.46 bits per heavy atom. The zero-order valence-corrected chi connectivity index (χ0v) is 15.4. The number of ether oxygens (including phenoxy) is 1. The third-order valence-corrected chi connectivity index (χ3v) is 3.89. The summed E-state index contributed by atoms with van der Waals surface area (Å²) in [6.07, 6.45) is 1.22. The van der Waals surface area contributed by atoms with Crippen LogP contribution in [0.1, 0.15) is 20.8 Å². The molecule has 0 N–H and O–H groups in total. The second-order valence-electron chi connectivity index (χ2n) is 7.20. The van der Waals surface area contributed by atoms with Crippen molar-refractivity contribution in [1.29, 1.82) is 0 Å². The molecule has 0 atom stereocenters. The van der Waals surface area contributed by atoms with E-state index >= 15 is 0 Å². The number of aryl methyl sites for hydroxylation is 1. The van der Waals surface area contributed by atoms with Crippen LogP contribution in [0.15, 0.2) is 18.5 Å². The largest absolute Gasteiger partial charge is 0.444 e. The van der Waals surface area contributed by atoms with Crippen LogP contribution < -0.4 is 4.90 Å². The Hall–Kier alpha value is -2.71. The van der Waals surface area contributed by atoms with Crippen molar-refractivity contribution in [3.63, 3.8) is 0 Å². The number of anilines is 1. The van der Waals surface area contributed by atoms with Crippen LogP contribution in [0.2, 0.25) is 0 Å². The highest BCUT2D eigenvalue weighted by molar-refractivity contribution is 5.68. The lowest BCUT2D eigenvalue weighted by atomic mass is 10.2. The summed E-state index contributed by atoms with van der Waals surface area (Å²) in [4.78, 5) is 24.1. The SMILES string of the molecule is Cn1cnc(-c2ccc(F)c(N3CCN(C(=O)OC(C)(C)C)CC3)n2)n1. The van der Waals surface area contributed by atoms with Crippen molar-refractivity contribution >= 4 is 11.9 Å². The summed E-state index contributed by atoms with van der Waals surface area (Å²) in [5, 5.41) is 4.20. The molecule has 1 aliphatic rings. The van der Waals surface area contributed by atoms with E-state index in [1.807, 2.05) is 25.7 Å². The first-order valence-electron chi connectivity index (χ1n) is 8.48. The Morgan fingerprint density at radius 2 is 1.88 bits per heavy atom. The highest BCUT2D eigenvalue weighted by Crippen LogP contribution is 2.23. The van der Waals surface area contributed by atoms with Gasteiger partial charge in [-0.25, -0.2) is 19.2 Å². The van der Waals surface area contributed by atoms with E-state index in [0.29, 0.717) is 37.7 Å². The molecule has 1 aliphatic heterocycles. The van der Waals surface area contributed by atoms with Crippen molar-refractivity contribution in [2.24, 2.45) is 7.05 Å². The second-order valence-corrected chi connectivity index (χ2v) is 7.20. The number of rotatable bonds is 2. The van der Waals surface area contributed by atoms with Gasteiger partial charge in [0.25, 0.3) is 0 Å². The van der Waals surface area contributed by atoms with Crippen LogP contribution in [0.5, 0.6) is 0 Å². The average Bonchev–Trinajstić information content (AvgIpc) is 3.00. The van der Waals surface area contributed by atoms with Gasteiger partial charge in [-0.05, 0) is 32.9 Å². The van der Waals surface area contributed by atoms with Gasteiger partial charge in [-0.1, -0.05) is 0 Å². The zero-order valence-electron chi connectivity index (χ0n) is 15.4. The summed E-state index contributed by atoms with van der Waals surface area (Å²) < 4.78 is 21.2. The first-order chi connectivity index (χ1) is 12.2. The number of carbonyl (C=O) groups excluding carboxylic acids is 1. The zero-order chi connectivity index (χ0) is 18.9. The molecule has 0 bridgehead atoms. The number of pyridine rings is 1. The molecule has 0 spiro atoms. The van der Waals surface area contributed by atoms with Crippen LogP contribution in [0, 0.1) is 5.82 Å². The van der Waals surface area contributed by atoms with Gasteiger partial charge in [0.2, 0.25) is 0 Å². The van der Waals surface area contributed by atoms with Gasteiger partial charge in [-0.15, -0.1) is 5.10 Å². The van der Waals surface area contributed by atoms with Gasteiger partial charge in [-0.3, -0.25) is 4.68 Å². The maximum Gasteiger partial charge on any atom is 0.410 e. The minimum atomic E-state index is -0.536. The quantitative estimate of drug-likeness (QED) is 0.814. The van der Waals surface area contributed by atoms with E-state index in [2.05, 4.69) is 15.1 Å². The van der Waals surface area contributed by atoms with E-state index in [1.165, 1.54) is 6.07 Å². The molecule has 1 fully saturated rings.